The number of hydrogen-bond acceptors (Lipinski definition) is 3. The molecule has 0 aromatic heterocycles. The fourth-order valence-corrected chi connectivity index (χ4v) is 12.7. The molecule has 134 valence electrons. The number of nitriles is 1. The van der Waals surface area contributed by atoms with Crippen LogP contribution in [0.25, 0.3) is 0 Å². The average Bonchev–Trinajstić information content (AvgIpc) is 2.60. The van der Waals surface area contributed by atoms with Gasteiger partial charge in [-0.3, -0.25) is 4.90 Å². The van der Waals surface area contributed by atoms with E-state index in [4.69, 9.17) is 5.26 Å². The first kappa shape index (κ1) is 20.7. The Morgan fingerprint density at radius 2 is 1.30 bits per heavy atom. The molecule has 1 heterocycles. The Balaban J connectivity index is 2.99. The van der Waals surface area contributed by atoms with Gasteiger partial charge in [0, 0.05) is 39.1 Å². The Labute approximate surface area is 146 Å². The van der Waals surface area contributed by atoms with E-state index in [1.807, 2.05) is 0 Å². The number of piperazine rings is 1. The van der Waals surface area contributed by atoms with Gasteiger partial charge in [0.05, 0.1) is 6.07 Å². The third kappa shape index (κ3) is 4.38. The van der Waals surface area contributed by atoms with Gasteiger partial charge in [0.25, 0.3) is 0 Å². The molecule has 0 amide bonds. The quantitative estimate of drug-likeness (QED) is 0.563. The van der Waals surface area contributed by atoms with Gasteiger partial charge in [0.2, 0.25) is 0 Å². The van der Waals surface area contributed by atoms with Crippen molar-refractivity contribution in [1.82, 2.24) is 9.47 Å². The summed E-state index contributed by atoms with van der Waals surface area (Å²) < 4.78 is 2.96. The van der Waals surface area contributed by atoms with Crippen molar-refractivity contribution in [2.75, 3.05) is 32.7 Å². The van der Waals surface area contributed by atoms with E-state index in [2.05, 4.69) is 57.1 Å². The summed E-state index contributed by atoms with van der Waals surface area (Å²) >= 11 is 0. The van der Waals surface area contributed by atoms with Crippen LogP contribution in [0.4, 0.5) is 0 Å². The van der Waals surface area contributed by atoms with E-state index in [1.54, 1.807) is 0 Å². The highest BCUT2D eigenvalue weighted by Crippen LogP contribution is 2.48. The zero-order valence-corrected chi connectivity index (χ0v) is 17.4. The maximum atomic E-state index is 8.81. The summed E-state index contributed by atoms with van der Waals surface area (Å²) in [5, 5.41) is 8.81. The molecular weight excluding hydrogens is 298 g/mol. The first-order valence-electron chi connectivity index (χ1n) is 9.83. The molecule has 23 heavy (non-hydrogen) atoms. The Kier molecular flexibility index (Phi) is 8.82. The van der Waals surface area contributed by atoms with Crippen molar-refractivity contribution < 1.29 is 0 Å². The molecule has 0 spiro atoms. The summed E-state index contributed by atoms with van der Waals surface area (Å²) in [5.41, 5.74) is 2.58. The van der Waals surface area contributed by atoms with Crippen LogP contribution in [0.2, 0.25) is 16.6 Å². The van der Waals surface area contributed by atoms with E-state index in [0.29, 0.717) is 6.42 Å². The maximum Gasteiger partial charge on any atom is 0.137 e. The molecule has 1 aliphatic heterocycles. The minimum Gasteiger partial charge on any atom is -0.320 e. The predicted molar refractivity (Wildman–Crippen MR) is 103 cm³/mol. The van der Waals surface area contributed by atoms with Gasteiger partial charge in [-0.25, -0.2) is 0 Å². The van der Waals surface area contributed by atoms with Gasteiger partial charge in [-0.05, 0) is 16.6 Å². The Morgan fingerprint density at radius 1 is 0.870 bits per heavy atom. The molecule has 3 atom stereocenters. The molecule has 1 aliphatic rings. The molecule has 0 aromatic rings. The van der Waals surface area contributed by atoms with Crippen molar-refractivity contribution in [3.8, 4) is 6.07 Å². The standard InChI is InChI=1S/C19H39N3Si/c1-7-17(4)23(18(5)8-2,19(6)9-3)22-15-13-21(14-16-22)12-10-11-20/h17-19H,7-10,12-16H2,1-6H3. The molecule has 3 nitrogen and oxygen atoms in total. The third-order valence-electron chi connectivity index (χ3n) is 6.67. The maximum absolute atomic E-state index is 8.81. The molecule has 0 saturated carbocycles. The molecule has 1 rings (SSSR count). The Bertz CT molecular complexity index is 345. The zero-order valence-electron chi connectivity index (χ0n) is 16.4. The van der Waals surface area contributed by atoms with Gasteiger partial charge in [0.15, 0.2) is 0 Å². The van der Waals surface area contributed by atoms with Crippen LogP contribution in [0.15, 0.2) is 0 Å². The van der Waals surface area contributed by atoms with Crippen LogP contribution in [-0.2, 0) is 0 Å². The van der Waals surface area contributed by atoms with E-state index in [1.165, 1.54) is 32.4 Å². The minimum atomic E-state index is -1.52. The van der Waals surface area contributed by atoms with Crippen LogP contribution in [0.1, 0.15) is 67.2 Å². The van der Waals surface area contributed by atoms with Crippen LogP contribution >= 0.6 is 0 Å². The van der Waals surface area contributed by atoms with E-state index >= 15 is 0 Å². The van der Waals surface area contributed by atoms with Gasteiger partial charge >= 0.3 is 0 Å². The summed E-state index contributed by atoms with van der Waals surface area (Å²) in [6, 6.07) is 2.29. The molecule has 3 unspecified atom stereocenters. The number of nitrogens with zero attached hydrogens (tertiary/aromatic N) is 3. The summed E-state index contributed by atoms with van der Waals surface area (Å²) in [6.45, 7) is 20.5. The predicted octanol–water partition coefficient (Wildman–Crippen LogP) is 4.86. The monoisotopic (exact) mass is 337 g/mol. The van der Waals surface area contributed by atoms with Gasteiger partial charge in [0.1, 0.15) is 8.24 Å². The second-order valence-electron chi connectivity index (χ2n) is 7.55. The molecule has 0 N–H and O–H groups in total. The topological polar surface area (TPSA) is 30.3 Å². The average molecular weight is 338 g/mol. The lowest BCUT2D eigenvalue weighted by Gasteiger charge is -2.55. The lowest BCUT2D eigenvalue weighted by Crippen LogP contribution is -2.65. The van der Waals surface area contributed by atoms with Crippen LogP contribution in [0.3, 0.4) is 0 Å². The van der Waals surface area contributed by atoms with Crippen molar-refractivity contribution in [1.29, 1.82) is 5.26 Å². The summed E-state index contributed by atoms with van der Waals surface area (Å²) in [6.07, 6.45) is 4.62. The fraction of sp³-hybridized carbons (Fsp3) is 0.947. The molecule has 0 aliphatic carbocycles. The minimum absolute atomic E-state index is 0.671. The first-order valence-corrected chi connectivity index (χ1v) is 12.0. The van der Waals surface area contributed by atoms with Crippen molar-refractivity contribution in [3.63, 3.8) is 0 Å². The SMILES string of the molecule is CCC(C)[Si](C(C)CC)(C(C)CC)N1CCN(CCC#N)CC1. The normalized spacial score (nSPS) is 23.7. The first-order chi connectivity index (χ1) is 11.0. The lowest BCUT2D eigenvalue weighted by atomic mass is 10.3. The highest BCUT2D eigenvalue weighted by atomic mass is 28.3. The molecule has 0 radical (unpaired) electrons. The van der Waals surface area contributed by atoms with E-state index in [0.717, 1.165) is 36.3 Å². The molecule has 4 heteroatoms. The van der Waals surface area contributed by atoms with Crippen molar-refractivity contribution >= 4 is 8.24 Å². The lowest BCUT2D eigenvalue weighted by molar-refractivity contribution is 0.179. The highest BCUT2D eigenvalue weighted by molar-refractivity contribution is 6.81. The Hall–Kier alpha value is -0.373. The van der Waals surface area contributed by atoms with Crippen molar-refractivity contribution in [2.24, 2.45) is 0 Å². The molecule has 1 fully saturated rings. The fourth-order valence-electron chi connectivity index (χ4n) is 4.94. The van der Waals surface area contributed by atoms with Crippen LogP contribution in [0.5, 0.6) is 0 Å². The second kappa shape index (κ2) is 9.81. The summed E-state index contributed by atoms with van der Waals surface area (Å²) in [5.74, 6) is 0. The molecule has 0 aromatic carbocycles. The van der Waals surface area contributed by atoms with E-state index in [-0.39, 0.29) is 0 Å². The van der Waals surface area contributed by atoms with Gasteiger partial charge in [-0.1, -0.05) is 60.8 Å². The largest absolute Gasteiger partial charge is 0.320 e. The van der Waals surface area contributed by atoms with Gasteiger partial charge < -0.3 is 4.57 Å². The van der Waals surface area contributed by atoms with Crippen LogP contribution in [0, 0.1) is 11.3 Å². The molecular formula is C19H39N3Si. The smallest absolute Gasteiger partial charge is 0.137 e. The molecule has 0 bridgehead atoms. The van der Waals surface area contributed by atoms with Crippen molar-refractivity contribution in [2.45, 2.75) is 83.8 Å². The zero-order chi connectivity index (χ0) is 17.5. The third-order valence-corrected chi connectivity index (χ3v) is 14.2. The van der Waals surface area contributed by atoms with E-state index in [9.17, 15) is 0 Å². The van der Waals surface area contributed by atoms with Gasteiger partial charge in [-0.2, -0.15) is 5.26 Å². The number of hydrogen-bond donors (Lipinski definition) is 0. The highest BCUT2D eigenvalue weighted by Gasteiger charge is 2.51. The van der Waals surface area contributed by atoms with Gasteiger partial charge in [-0.15, -0.1) is 0 Å². The van der Waals surface area contributed by atoms with E-state index < -0.39 is 8.24 Å². The summed E-state index contributed by atoms with van der Waals surface area (Å²) in [4.78, 5) is 2.49. The number of rotatable bonds is 9. The van der Waals surface area contributed by atoms with Crippen molar-refractivity contribution in [3.05, 3.63) is 0 Å². The van der Waals surface area contributed by atoms with Crippen LogP contribution in [-0.4, -0.2) is 50.4 Å². The Morgan fingerprint density at radius 3 is 1.65 bits per heavy atom. The second-order valence-corrected chi connectivity index (χ2v) is 12.9. The molecule has 1 saturated heterocycles. The van der Waals surface area contributed by atoms with Crippen LogP contribution < -0.4 is 0 Å². The summed E-state index contributed by atoms with van der Waals surface area (Å²) in [7, 11) is -1.52.